The van der Waals surface area contributed by atoms with E-state index in [4.69, 9.17) is 18.8 Å². The molecule has 0 saturated heterocycles. The number of benzene rings is 1. The molecule has 5 aliphatic rings. The summed E-state index contributed by atoms with van der Waals surface area (Å²) in [5, 5.41) is -5.01. The van der Waals surface area contributed by atoms with Crippen molar-refractivity contribution in [3.63, 3.8) is 0 Å². The van der Waals surface area contributed by atoms with Crippen LogP contribution in [0.25, 0.3) is 0 Å². The molecule has 1 aromatic rings. The molecule has 1 aliphatic heterocycles. The second kappa shape index (κ2) is 7.70. The highest BCUT2D eigenvalue weighted by atomic mass is 127. The molecule has 4 aliphatic carbocycles. The first-order valence-corrected chi connectivity index (χ1v) is 14.5. The fourth-order valence-electron chi connectivity index (χ4n) is 5.97. The Morgan fingerprint density at radius 3 is 2.38 bits per heavy atom. The lowest BCUT2D eigenvalue weighted by Gasteiger charge is -2.63. The molecule has 1 spiro atoms. The molecule has 6 rings (SSSR count). The van der Waals surface area contributed by atoms with Crippen molar-refractivity contribution >= 4 is 83.9 Å². The summed E-state index contributed by atoms with van der Waals surface area (Å²) >= 11 is 6.76. The molecular formula is C19H17F2I3O7S. The molecule has 4 saturated carbocycles. The van der Waals surface area contributed by atoms with Crippen LogP contribution in [0.5, 0.6) is 5.75 Å². The molecule has 0 aromatic heterocycles. The number of ether oxygens (including phenoxy) is 3. The van der Waals surface area contributed by atoms with Crippen LogP contribution in [0.4, 0.5) is 8.78 Å². The van der Waals surface area contributed by atoms with Gasteiger partial charge in [-0.25, -0.2) is 4.79 Å². The van der Waals surface area contributed by atoms with Gasteiger partial charge in [-0.15, -0.1) is 0 Å². The van der Waals surface area contributed by atoms with E-state index in [0.29, 0.717) is 13.0 Å². The van der Waals surface area contributed by atoms with Gasteiger partial charge in [0.2, 0.25) is 5.79 Å². The Labute approximate surface area is 223 Å². The van der Waals surface area contributed by atoms with Crippen molar-refractivity contribution in [3.8, 4) is 5.75 Å². The number of carbonyl (C=O) groups excluding carboxylic acids is 1. The van der Waals surface area contributed by atoms with Gasteiger partial charge in [-0.1, -0.05) is 0 Å². The molecule has 4 bridgehead atoms. The highest BCUT2D eigenvalue weighted by Crippen LogP contribution is 2.64. The maximum Gasteiger partial charge on any atom is 0.465 e. The van der Waals surface area contributed by atoms with E-state index in [2.05, 4.69) is 73.8 Å². The van der Waals surface area contributed by atoms with Crippen molar-refractivity contribution in [1.29, 1.82) is 0 Å². The fraction of sp³-hybridized carbons (Fsp3) is 0.632. The molecule has 4 fully saturated rings. The van der Waals surface area contributed by atoms with Crippen LogP contribution in [0.3, 0.4) is 0 Å². The standard InChI is InChI=1S/C19H17F2I3O7S/c20-19(21,32(26,27)28)16(25)31-17-4-8-1-9(5-17)18(10(2-8)6-17)29-7-11-12(22)3-13(23)14(24)15(11)30-18/h3,8-10H,1-2,4-7H2,(H,26,27,28). The van der Waals surface area contributed by atoms with Gasteiger partial charge in [-0.05, 0) is 112 Å². The van der Waals surface area contributed by atoms with Crippen molar-refractivity contribution in [2.24, 2.45) is 17.8 Å². The molecule has 0 radical (unpaired) electrons. The lowest BCUT2D eigenvalue weighted by atomic mass is 9.51. The van der Waals surface area contributed by atoms with Crippen LogP contribution in [0.15, 0.2) is 6.07 Å². The van der Waals surface area contributed by atoms with Gasteiger partial charge in [0.05, 0.1) is 10.2 Å². The largest absolute Gasteiger partial charge is 0.465 e. The third kappa shape index (κ3) is 3.52. The number of hydrogen-bond donors (Lipinski definition) is 1. The Hall–Kier alpha value is 0.410. The zero-order valence-electron chi connectivity index (χ0n) is 16.2. The zero-order chi connectivity index (χ0) is 23.3. The third-order valence-electron chi connectivity index (χ3n) is 7.07. The van der Waals surface area contributed by atoms with Crippen LogP contribution in [0.2, 0.25) is 0 Å². The molecule has 1 heterocycles. The topological polar surface area (TPSA) is 99.1 Å². The molecule has 1 aromatic carbocycles. The Morgan fingerprint density at radius 2 is 1.78 bits per heavy atom. The predicted octanol–water partition coefficient (Wildman–Crippen LogP) is 4.71. The first-order valence-electron chi connectivity index (χ1n) is 9.86. The number of alkyl halides is 2. The molecule has 13 heteroatoms. The van der Waals surface area contributed by atoms with E-state index < -0.39 is 32.7 Å². The van der Waals surface area contributed by atoms with Crippen molar-refractivity contribution in [3.05, 3.63) is 22.3 Å². The van der Waals surface area contributed by atoms with Crippen LogP contribution in [-0.4, -0.2) is 35.6 Å². The quantitative estimate of drug-likeness (QED) is 0.205. The predicted molar refractivity (Wildman–Crippen MR) is 132 cm³/mol. The maximum absolute atomic E-state index is 13.9. The van der Waals surface area contributed by atoms with Gasteiger partial charge in [-0.2, -0.15) is 17.2 Å². The van der Waals surface area contributed by atoms with E-state index in [1.165, 1.54) is 0 Å². The summed E-state index contributed by atoms with van der Waals surface area (Å²) in [7, 11) is -5.92. The number of rotatable bonds is 3. The van der Waals surface area contributed by atoms with Crippen LogP contribution in [-0.2, 0) is 31.0 Å². The van der Waals surface area contributed by atoms with Crippen molar-refractivity contribution < 1.29 is 40.8 Å². The van der Waals surface area contributed by atoms with E-state index in [1.54, 1.807) is 0 Å². The van der Waals surface area contributed by atoms with E-state index in [9.17, 15) is 22.0 Å². The number of fused-ring (bicyclic) bond motifs is 1. The summed E-state index contributed by atoms with van der Waals surface area (Å²) in [6.07, 6.45) is 2.35. The van der Waals surface area contributed by atoms with E-state index in [-0.39, 0.29) is 30.6 Å². The molecule has 7 nitrogen and oxygen atoms in total. The summed E-state index contributed by atoms with van der Waals surface area (Å²) in [5.74, 6) is -2.64. The number of esters is 1. The minimum atomic E-state index is -5.92. The van der Waals surface area contributed by atoms with Crippen molar-refractivity contribution in [2.45, 2.75) is 55.4 Å². The van der Waals surface area contributed by atoms with Crippen molar-refractivity contribution in [1.82, 2.24) is 0 Å². The van der Waals surface area contributed by atoms with E-state index in [1.807, 2.05) is 0 Å². The van der Waals surface area contributed by atoms with Crippen LogP contribution >= 0.6 is 67.8 Å². The van der Waals surface area contributed by atoms with E-state index in [0.717, 1.165) is 34.9 Å². The zero-order valence-corrected chi connectivity index (χ0v) is 23.5. The fourth-order valence-corrected chi connectivity index (χ4v) is 8.68. The highest BCUT2D eigenvalue weighted by Gasteiger charge is 2.68. The Bertz CT molecular complexity index is 1110. The summed E-state index contributed by atoms with van der Waals surface area (Å²) in [6.45, 7) is 0.367. The SMILES string of the molecule is O=C(OC12CC3CC(C1)C1(OCc4c(I)cc(I)c(I)c4O1)C(C3)C2)C(F)(F)S(=O)(=O)O. The van der Waals surface area contributed by atoms with Crippen LogP contribution in [0.1, 0.15) is 37.7 Å². The average molecular weight is 808 g/mol. The maximum atomic E-state index is 13.9. The smallest absolute Gasteiger partial charge is 0.460 e. The number of halogens is 5. The highest BCUT2D eigenvalue weighted by molar-refractivity contribution is 14.1. The number of carbonyl (C=O) groups is 1. The average Bonchev–Trinajstić information content (AvgIpc) is 2.68. The van der Waals surface area contributed by atoms with Crippen LogP contribution in [0, 0.1) is 28.5 Å². The molecule has 0 amide bonds. The monoisotopic (exact) mass is 808 g/mol. The van der Waals surface area contributed by atoms with Gasteiger partial charge in [0.1, 0.15) is 11.4 Å². The van der Waals surface area contributed by atoms with Gasteiger partial charge in [0.25, 0.3) is 0 Å². The third-order valence-corrected chi connectivity index (χ3v) is 11.8. The van der Waals surface area contributed by atoms with Crippen LogP contribution < -0.4 is 4.74 Å². The first-order chi connectivity index (χ1) is 14.8. The molecule has 32 heavy (non-hydrogen) atoms. The summed E-state index contributed by atoms with van der Waals surface area (Å²) in [6, 6.07) is 2.06. The molecular weight excluding hydrogens is 791 g/mol. The molecule has 2 unspecified atom stereocenters. The summed E-state index contributed by atoms with van der Waals surface area (Å²) < 4.78 is 79.7. The van der Waals surface area contributed by atoms with Gasteiger partial charge in [0.15, 0.2) is 0 Å². The minimum absolute atomic E-state index is 0.133. The Morgan fingerprint density at radius 1 is 1.16 bits per heavy atom. The molecule has 1 N–H and O–H groups in total. The molecule has 176 valence electrons. The summed E-state index contributed by atoms with van der Waals surface area (Å²) in [5.41, 5.74) is -0.240. The minimum Gasteiger partial charge on any atom is -0.460 e. The van der Waals surface area contributed by atoms with Crippen molar-refractivity contribution in [2.75, 3.05) is 0 Å². The van der Waals surface area contributed by atoms with Gasteiger partial charge < -0.3 is 14.2 Å². The lowest BCUT2D eigenvalue weighted by molar-refractivity contribution is -0.338. The Kier molecular flexibility index (Phi) is 5.81. The first kappa shape index (κ1) is 24.1. The van der Waals surface area contributed by atoms with Gasteiger partial charge in [-0.3, -0.25) is 4.55 Å². The van der Waals surface area contributed by atoms with Gasteiger partial charge in [0, 0.05) is 24.5 Å². The number of hydrogen-bond acceptors (Lipinski definition) is 6. The second-order valence-corrected chi connectivity index (χ2v) is 13.8. The Balaban J connectivity index is 1.46. The van der Waals surface area contributed by atoms with E-state index >= 15 is 0 Å². The van der Waals surface area contributed by atoms with Gasteiger partial charge >= 0.3 is 21.3 Å². The second-order valence-electron chi connectivity index (χ2n) is 8.98. The summed E-state index contributed by atoms with van der Waals surface area (Å²) in [4.78, 5) is 12.1. The molecule has 2 atom stereocenters. The normalized spacial score (nSPS) is 35.5. The lowest BCUT2D eigenvalue weighted by Crippen LogP contribution is -2.68.